The number of carboxylic acids is 1. The summed E-state index contributed by atoms with van der Waals surface area (Å²) in [4.78, 5) is 27.9. The van der Waals surface area contributed by atoms with Crippen LogP contribution in [-0.2, 0) is 4.79 Å². The molecule has 0 radical (unpaired) electrons. The van der Waals surface area contributed by atoms with Crippen LogP contribution >= 0.6 is 0 Å². The number of hydrogen-bond donors (Lipinski definition) is 2. The zero-order chi connectivity index (χ0) is 23.2. The van der Waals surface area contributed by atoms with E-state index in [9.17, 15) is 14.7 Å². The van der Waals surface area contributed by atoms with Crippen molar-refractivity contribution < 1.29 is 29.3 Å². The monoisotopic (exact) mass is 448 g/mol. The summed E-state index contributed by atoms with van der Waals surface area (Å²) >= 11 is 0. The first-order valence-electron chi connectivity index (χ1n) is 10.5. The molecule has 0 unspecified atom stereocenters. The highest BCUT2D eigenvalue weighted by atomic mass is 16.5. The molecule has 0 bridgehead atoms. The fraction of sp³-hybridized carbons (Fsp3) is 0.200. The van der Waals surface area contributed by atoms with E-state index in [2.05, 4.69) is 4.90 Å². The summed E-state index contributed by atoms with van der Waals surface area (Å²) < 4.78 is 11.1. The lowest BCUT2D eigenvalue weighted by Gasteiger charge is -2.34. The highest BCUT2D eigenvalue weighted by Crippen LogP contribution is 2.40. The molecule has 1 aliphatic rings. The molecule has 33 heavy (non-hydrogen) atoms. The minimum atomic E-state index is -1.07. The lowest BCUT2D eigenvalue weighted by atomic mass is 10.1. The number of hydrogen-bond acceptors (Lipinski definition) is 6. The van der Waals surface area contributed by atoms with Crippen LogP contribution in [0.3, 0.4) is 0 Å². The molecule has 3 aromatic rings. The number of nitrogens with zero attached hydrogens (tertiary/aromatic N) is 2. The summed E-state index contributed by atoms with van der Waals surface area (Å²) in [6.07, 6.45) is 0. The molecule has 0 aliphatic carbocycles. The van der Waals surface area contributed by atoms with Gasteiger partial charge in [-0.1, -0.05) is 36.4 Å². The molecule has 0 aromatic heterocycles. The maximum absolute atomic E-state index is 13.3. The van der Waals surface area contributed by atoms with Gasteiger partial charge in [0.1, 0.15) is 12.4 Å². The van der Waals surface area contributed by atoms with Crippen molar-refractivity contribution in [3.8, 4) is 17.2 Å². The predicted octanol–water partition coefficient (Wildman–Crippen LogP) is 3.40. The van der Waals surface area contributed by atoms with E-state index >= 15 is 0 Å². The van der Waals surface area contributed by atoms with E-state index < -0.39 is 12.6 Å². The van der Waals surface area contributed by atoms with Crippen molar-refractivity contribution in [3.63, 3.8) is 0 Å². The highest BCUT2D eigenvalue weighted by molar-refractivity contribution is 6.07. The molecule has 0 saturated heterocycles. The largest absolute Gasteiger partial charge is 0.507 e. The van der Waals surface area contributed by atoms with Gasteiger partial charge >= 0.3 is 5.97 Å². The van der Waals surface area contributed by atoms with Gasteiger partial charge in [-0.15, -0.1) is 0 Å². The maximum atomic E-state index is 13.3. The van der Waals surface area contributed by atoms with Crippen LogP contribution in [0.25, 0.3) is 0 Å². The molecule has 1 amide bonds. The number of carboxylic acid groups (broad SMARTS) is 1. The number of ether oxygens (including phenoxy) is 2. The van der Waals surface area contributed by atoms with Gasteiger partial charge in [-0.3, -0.25) is 4.79 Å². The molecule has 2 N–H and O–H groups in total. The normalized spacial score (nSPS) is 12.4. The van der Waals surface area contributed by atoms with E-state index in [1.165, 1.54) is 6.07 Å². The number of aliphatic carboxylic acids is 1. The smallest absolute Gasteiger partial charge is 0.341 e. The zero-order valence-electron chi connectivity index (χ0n) is 17.9. The Labute approximate surface area is 191 Å². The molecule has 0 fully saturated rings. The number of phenolic OH excluding ortho intramolecular Hbond substituents is 1. The molecule has 170 valence electrons. The third kappa shape index (κ3) is 5.01. The standard InChI is InChI=1S/C25H24N2O6/c28-21-11-5-4-9-19(21)25(31)27(18-7-2-1-3-8-18)14-13-26-15-16-32-24-20(26)10-6-12-22(24)33-17-23(29)30/h1-12,28H,13-17H2,(H,29,30). The first-order chi connectivity index (χ1) is 16.0. The second-order valence-electron chi connectivity index (χ2n) is 7.43. The summed E-state index contributed by atoms with van der Waals surface area (Å²) in [5.41, 5.74) is 1.72. The van der Waals surface area contributed by atoms with E-state index in [1.54, 1.807) is 35.2 Å². The van der Waals surface area contributed by atoms with Crippen molar-refractivity contribution in [3.05, 3.63) is 78.4 Å². The molecule has 8 heteroatoms. The molecule has 3 aromatic carbocycles. The number of anilines is 2. The molecule has 4 rings (SSSR count). The van der Waals surface area contributed by atoms with Crippen molar-refractivity contribution in [2.24, 2.45) is 0 Å². The Kier molecular flexibility index (Phi) is 6.64. The van der Waals surface area contributed by atoms with Crippen molar-refractivity contribution in [1.82, 2.24) is 0 Å². The number of para-hydroxylation sites is 3. The van der Waals surface area contributed by atoms with Gasteiger partial charge in [0.2, 0.25) is 0 Å². The van der Waals surface area contributed by atoms with E-state index in [4.69, 9.17) is 14.6 Å². The molecule has 0 spiro atoms. The number of rotatable bonds is 8. The Morgan fingerprint density at radius 1 is 1.00 bits per heavy atom. The van der Waals surface area contributed by atoms with Crippen LogP contribution in [0.1, 0.15) is 10.4 Å². The van der Waals surface area contributed by atoms with Gasteiger partial charge in [-0.2, -0.15) is 0 Å². The molecule has 0 saturated carbocycles. The summed E-state index contributed by atoms with van der Waals surface area (Å²) in [7, 11) is 0. The Morgan fingerprint density at radius 2 is 1.76 bits per heavy atom. The van der Waals surface area contributed by atoms with E-state index in [0.29, 0.717) is 37.7 Å². The Balaban J connectivity index is 1.57. The number of benzene rings is 3. The molecule has 1 heterocycles. The van der Waals surface area contributed by atoms with Crippen LogP contribution in [0.4, 0.5) is 11.4 Å². The van der Waals surface area contributed by atoms with Crippen LogP contribution < -0.4 is 19.3 Å². The average Bonchev–Trinajstić information content (AvgIpc) is 2.83. The summed E-state index contributed by atoms with van der Waals surface area (Å²) in [6, 6.07) is 21.1. The number of carbonyl (C=O) groups excluding carboxylic acids is 1. The number of fused-ring (bicyclic) bond motifs is 1. The highest BCUT2D eigenvalue weighted by Gasteiger charge is 2.25. The quantitative estimate of drug-likeness (QED) is 0.545. The molecule has 8 nitrogen and oxygen atoms in total. The lowest BCUT2D eigenvalue weighted by Crippen LogP contribution is -2.41. The predicted molar refractivity (Wildman–Crippen MR) is 124 cm³/mol. The fourth-order valence-corrected chi connectivity index (χ4v) is 3.74. The second-order valence-corrected chi connectivity index (χ2v) is 7.43. The van der Waals surface area contributed by atoms with Crippen LogP contribution in [0.5, 0.6) is 17.2 Å². The molecule has 1 aliphatic heterocycles. The third-order valence-electron chi connectivity index (χ3n) is 5.30. The van der Waals surface area contributed by atoms with Gasteiger partial charge in [0.15, 0.2) is 18.1 Å². The minimum absolute atomic E-state index is 0.0691. The van der Waals surface area contributed by atoms with Crippen molar-refractivity contribution in [2.75, 3.05) is 42.6 Å². The Hall–Kier alpha value is -4.20. The van der Waals surface area contributed by atoms with Crippen LogP contribution in [0.2, 0.25) is 0 Å². The first kappa shape index (κ1) is 22.0. The van der Waals surface area contributed by atoms with Gasteiger partial charge in [0.05, 0.1) is 17.8 Å². The first-order valence-corrected chi connectivity index (χ1v) is 10.5. The molecular formula is C25H24N2O6. The number of carbonyl (C=O) groups is 2. The van der Waals surface area contributed by atoms with Crippen LogP contribution in [0.15, 0.2) is 72.8 Å². The van der Waals surface area contributed by atoms with Gasteiger partial charge < -0.3 is 29.5 Å². The molecule has 0 atom stereocenters. The van der Waals surface area contributed by atoms with Gasteiger partial charge in [-0.05, 0) is 36.4 Å². The van der Waals surface area contributed by atoms with Gasteiger partial charge in [-0.25, -0.2) is 4.79 Å². The number of aromatic hydroxyl groups is 1. The summed E-state index contributed by atoms with van der Waals surface area (Å²) in [6.45, 7) is 1.39. The maximum Gasteiger partial charge on any atom is 0.341 e. The lowest BCUT2D eigenvalue weighted by molar-refractivity contribution is -0.139. The van der Waals surface area contributed by atoms with Crippen LogP contribution in [-0.4, -0.2) is 54.9 Å². The Bertz CT molecular complexity index is 1130. The van der Waals surface area contributed by atoms with E-state index in [-0.39, 0.29) is 17.2 Å². The number of amides is 1. The second kappa shape index (κ2) is 9.95. The van der Waals surface area contributed by atoms with Gasteiger partial charge in [0, 0.05) is 18.8 Å². The average molecular weight is 448 g/mol. The topological polar surface area (TPSA) is 99.5 Å². The third-order valence-corrected chi connectivity index (χ3v) is 5.30. The van der Waals surface area contributed by atoms with Crippen molar-refractivity contribution >= 4 is 23.3 Å². The van der Waals surface area contributed by atoms with Crippen molar-refractivity contribution in [2.45, 2.75) is 0 Å². The van der Waals surface area contributed by atoms with E-state index in [0.717, 1.165) is 11.4 Å². The Morgan fingerprint density at radius 3 is 2.52 bits per heavy atom. The van der Waals surface area contributed by atoms with Crippen LogP contribution in [0, 0.1) is 0 Å². The zero-order valence-corrected chi connectivity index (χ0v) is 17.9. The summed E-state index contributed by atoms with van der Waals surface area (Å²) in [5.74, 6) is -0.582. The SMILES string of the molecule is O=C(O)COc1cccc2c1OCCN2CCN(C(=O)c1ccccc1O)c1ccccc1. The summed E-state index contributed by atoms with van der Waals surface area (Å²) in [5, 5.41) is 19.1. The fourth-order valence-electron chi connectivity index (χ4n) is 3.74. The minimum Gasteiger partial charge on any atom is -0.507 e. The van der Waals surface area contributed by atoms with E-state index in [1.807, 2.05) is 36.4 Å². The molecular weight excluding hydrogens is 424 g/mol. The van der Waals surface area contributed by atoms with Gasteiger partial charge in [0.25, 0.3) is 5.91 Å². The van der Waals surface area contributed by atoms with Crippen molar-refractivity contribution in [1.29, 1.82) is 0 Å². The number of phenols is 1.